The summed E-state index contributed by atoms with van der Waals surface area (Å²) in [4.78, 5) is 19.1. The van der Waals surface area contributed by atoms with Crippen molar-refractivity contribution in [2.24, 2.45) is 7.05 Å². The minimum absolute atomic E-state index is 0.0183. The van der Waals surface area contributed by atoms with Crippen LogP contribution in [0.25, 0.3) is 0 Å². The van der Waals surface area contributed by atoms with E-state index < -0.39 is 0 Å². The monoisotopic (exact) mass is 399 g/mol. The molecule has 7 nitrogen and oxygen atoms in total. The van der Waals surface area contributed by atoms with Crippen LogP contribution in [0.3, 0.4) is 0 Å². The van der Waals surface area contributed by atoms with E-state index in [2.05, 4.69) is 11.0 Å². The minimum atomic E-state index is 0.0183. The summed E-state index contributed by atoms with van der Waals surface area (Å²) in [6.07, 6.45) is 3.08. The second-order valence-corrected chi connectivity index (χ2v) is 8.20. The highest BCUT2D eigenvalue weighted by molar-refractivity contribution is 5.78. The van der Waals surface area contributed by atoms with Crippen LogP contribution in [-0.4, -0.2) is 66.8 Å². The third kappa shape index (κ3) is 5.29. The number of ether oxygens (including phenoxy) is 1. The Balaban J connectivity index is 1.69. The minimum Gasteiger partial charge on any atom is -0.484 e. The van der Waals surface area contributed by atoms with E-state index in [1.807, 2.05) is 74.0 Å². The summed E-state index contributed by atoms with van der Waals surface area (Å²) in [5.74, 6) is 0.731. The number of rotatable bonds is 7. The molecule has 0 radical (unpaired) electrons. The van der Waals surface area contributed by atoms with Crippen LogP contribution in [0.2, 0.25) is 0 Å². The smallest absolute Gasteiger partial charge is 0.261 e. The van der Waals surface area contributed by atoms with E-state index in [1.54, 1.807) is 0 Å². The zero-order chi connectivity index (χ0) is 21.0. The second kappa shape index (κ2) is 9.31. The molecule has 0 saturated carbocycles. The van der Waals surface area contributed by atoms with Crippen molar-refractivity contribution < 1.29 is 9.53 Å². The van der Waals surface area contributed by atoms with Gasteiger partial charge < -0.3 is 19.4 Å². The van der Waals surface area contributed by atoms with Gasteiger partial charge in [-0.15, -0.1) is 0 Å². The normalized spacial score (nSPS) is 16.9. The molecule has 1 atom stereocenters. The van der Waals surface area contributed by atoms with E-state index in [0.717, 1.165) is 49.4 Å². The fourth-order valence-corrected chi connectivity index (χ4v) is 3.78. The van der Waals surface area contributed by atoms with Gasteiger partial charge in [0.1, 0.15) is 5.75 Å². The summed E-state index contributed by atoms with van der Waals surface area (Å²) in [5.41, 5.74) is 3.18. The van der Waals surface area contributed by atoms with Gasteiger partial charge in [0, 0.05) is 46.0 Å². The van der Waals surface area contributed by atoms with Crippen molar-refractivity contribution in [2.75, 3.05) is 46.2 Å². The van der Waals surface area contributed by atoms with Crippen LogP contribution in [-0.2, 0) is 18.4 Å². The first-order chi connectivity index (χ1) is 13.8. The molecule has 1 aromatic carbocycles. The number of likely N-dealkylation sites (tertiary alicyclic amines) is 1. The molecule has 2 aromatic rings. The van der Waals surface area contributed by atoms with E-state index in [9.17, 15) is 4.79 Å². The lowest BCUT2D eigenvalue weighted by Gasteiger charge is -2.34. The highest BCUT2D eigenvalue weighted by atomic mass is 16.5. The number of hydrogen-bond donors (Lipinski definition) is 0. The molecule has 1 aliphatic rings. The fraction of sp³-hybridized carbons (Fsp3) is 0.545. The first kappa shape index (κ1) is 21.2. The largest absolute Gasteiger partial charge is 0.484 e. The van der Waals surface area contributed by atoms with E-state index in [4.69, 9.17) is 9.84 Å². The number of carbonyl (C=O) groups excluding carboxylic acids is 1. The summed E-state index contributed by atoms with van der Waals surface area (Å²) in [5, 5.41) is 4.72. The number of benzene rings is 1. The number of aromatic nitrogens is 2. The molecule has 2 heterocycles. The summed E-state index contributed by atoms with van der Waals surface area (Å²) >= 11 is 0. The fourth-order valence-electron chi connectivity index (χ4n) is 3.78. The van der Waals surface area contributed by atoms with Gasteiger partial charge >= 0.3 is 0 Å². The molecule has 0 aliphatic carbocycles. The lowest BCUT2D eigenvalue weighted by molar-refractivity contribution is -0.137. The van der Waals surface area contributed by atoms with Gasteiger partial charge in [-0.05, 0) is 51.6 Å². The van der Waals surface area contributed by atoms with Gasteiger partial charge in [-0.3, -0.25) is 9.48 Å². The lowest BCUT2D eigenvalue weighted by atomic mass is 9.99. The molecule has 1 aliphatic heterocycles. The summed E-state index contributed by atoms with van der Waals surface area (Å²) < 4.78 is 7.75. The van der Waals surface area contributed by atoms with Crippen LogP contribution in [0.5, 0.6) is 5.75 Å². The van der Waals surface area contributed by atoms with Crippen molar-refractivity contribution >= 4 is 11.6 Å². The van der Waals surface area contributed by atoms with E-state index in [-0.39, 0.29) is 18.6 Å². The predicted octanol–water partition coefficient (Wildman–Crippen LogP) is 2.68. The molecule has 1 aromatic heterocycles. The number of anilines is 1. The molecule has 0 unspecified atom stereocenters. The van der Waals surface area contributed by atoms with Gasteiger partial charge in [-0.1, -0.05) is 6.07 Å². The highest BCUT2D eigenvalue weighted by Gasteiger charge is 2.30. The van der Waals surface area contributed by atoms with Crippen LogP contribution in [0.4, 0.5) is 5.69 Å². The SMILES string of the molecule is CN(C)Cc1cc([C@H]2CCCCN2C(=O)COc2cccc(N(C)C)c2)nn1C. The maximum absolute atomic E-state index is 13.0. The molecule has 0 spiro atoms. The number of amides is 1. The summed E-state index contributed by atoms with van der Waals surface area (Å²) in [7, 11) is 10.0. The molecule has 29 heavy (non-hydrogen) atoms. The van der Waals surface area contributed by atoms with E-state index in [0.29, 0.717) is 5.75 Å². The molecule has 7 heteroatoms. The number of piperidine rings is 1. The third-order valence-corrected chi connectivity index (χ3v) is 5.33. The van der Waals surface area contributed by atoms with Crippen molar-refractivity contribution in [1.29, 1.82) is 0 Å². The highest BCUT2D eigenvalue weighted by Crippen LogP contribution is 2.31. The van der Waals surface area contributed by atoms with Gasteiger partial charge in [-0.25, -0.2) is 0 Å². The van der Waals surface area contributed by atoms with Gasteiger partial charge in [0.25, 0.3) is 5.91 Å². The predicted molar refractivity (Wildman–Crippen MR) is 115 cm³/mol. The van der Waals surface area contributed by atoms with Crippen molar-refractivity contribution in [3.8, 4) is 5.75 Å². The average molecular weight is 400 g/mol. The van der Waals surface area contributed by atoms with Crippen LogP contribution >= 0.6 is 0 Å². The molecular formula is C22H33N5O2. The Bertz CT molecular complexity index is 830. The Morgan fingerprint density at radius 3 is 2.72 bits per heavy atom. The van der Waals surface area contributed by atoms with E-state index in [1.165, 1.54) is 0 Å². The molecule has 1 amide bonds. The molecule has 1 fully saturated rings. The zero-order valence-electron chi connectivity index (χ0n) is 18.3. The quantitative estimate of drug-likeness (QED) is 0.717. The maximum Gasteiger partial charge on any atom is 0.261 e. The average Bonchev–Trinajstić information content (AvgIpc) is 3.06. The van der Waals surface area contributed by atoms with Crippen LogP contribution in [0.15, 0.2) is 30.3 Å². The van der Waals surface area contributed by atoms with Crippen LogP contribution in [0.1, 0.15) is 36.7 Å². The lowest BCUT2D eigenvalue weighted by Crippen LogP contribution is -2.41. The molecule has 0 N–H and O–H groups in total. The molecular weight excluding hydrogens is 366 g/mol. The standard InChI is InChI=1S/C22H33N5O2/c1-24(2)15-18-14-20(23-26(18)5)21-11-6-7-12-27(21)22(28)16-29-19-10-8-9-17(13-19)25(3)4/h8-10,13-14,21H,6-7,11-12,15-16H2,1-5H3/t21-/m1/s1. The van der Waals surface area contributed by atoms with Crippen molar-refractivity contribution in [2.45, 2.75) is 31.8 Å². The Hall–Kier alpha value is -2.54. The van der Waals surface area contributed by atoms with Crippen molar-refractivity contribution in [3.63, 3.8) is 0 Å². The van der Waals surface area contributed by atoms with Gasteiger partial charge in [0.2, 0.25) is 0 Å². The topological polar surface area (TPSA) is 53.8 Å². The number of aryl methyl sites for hydroxylation is 1. The van der Waals surface area contributed by atoms with E-state index >= 15 is 0 Å². The first-order valence-electron chi connectivity index (χ1n) is 10.2. The van der Waals surface area contributed by atoms with Gasteiger partial charge in [0.15, 0.2) is 6.61 Å². The number of carbonyl (C=O) groups is 1. The molecule has 3 rings (SSSR count). The number of nitrogens with zero attached hydrogens (tertiary/aromatic N) is 5. The summed E-state index contributed by atoms with van der Waals surface area (Å²) in [6, 6.07) is 9.96. The molecule has 0 bridgehead atoms. The third-order valence-electron chi connectivity index (χ3n) is 5.33. The van der Waals surface area contributed by atoms with Crippen LogP contribution < -0.4 is 9.64 Å². The Morgan fingerprint density at radius 1 is 1.21 bits per heavy atom. The van der Waals surface area contributed by atoms with Crippen molar-refractivity contribution in [1.82, 2.24) is 19.6 Å². The Kier molecular flexibility index (Phi) is 6.79. The van der Waals surface area contributed by atoms with Gasteiger partial charge in [-0.2, -0.15) is 5.10 Å². The van der Waals surface area contributed by atoms with Crippen LogP contribution in [0, 0.1) is 0 Å². The molecule has 1 saturated heterocycles. The Labute approximate surface area is 173 Å². The van der Waals surface area contributed by atoms with Crippen molar-refractivity contribution in [3.05, 3.63) is 41.7 Å². The van der Waals surface area contributed by atoms with Gasteiger partial charge in [0.05, 0.1) is 17.4 Å². The zero-order valence-corrected chi connectivity index (χ0v) is 18.3. The Morgan fingerprint density at radius 2 is 2.00 bits per heavy atom. The first-order valence-corrected chi connectivity index (χ1v) is 10.2. The summed E-state index contributed by atoms with van der Waals surface area (Å²) in [6.45, 7) is 1.63. The number of hydrogen-bond acceptors (Lipinski definition) is 5. The second-order valence-electron chi connectivity index (χ2n) is 8.20. The molecule has 158 valence electrons. The maximum atomic E-state index is 13.0.